The second kappa shape index (κ2) is 17.1. The number of hydrogen-bond acceptors (Lipinski definition) is 6. The van der Waals surface area contributed by atoms with Gasteiger partial charge in [0.15, 0.2) is 17.9 Å². The smallest absolute Gasteiger partial charge is 0.418 e. The van der Waals surface area contributed by atoms with E-state index in [9.17, 15) is 19.2 Å². The van der Waals surface area contributed by atoms with Gasteiger partial charge in [0, 0.05) is 5.02 Å². The van der Waals surface area contributed by atoms with Gasteiger partial charge >= 0.3 is 6.09 Å². The Bertz CT molecular complexity index is 938. The van der Waals surface area contributed by atoms with Crippen LogP contribution in [0.4, 0.5) is 10.5 Å². The van der Waals surface area contributed by atoms with Crippen molar-refractivity contribution in [3.8, 4) is 5.75 Å². The van der Waals surface area contributed by atoms with Crippen molar-refractivity contribution in [2.75, 3.05) is 11.9 Å². The van der Waals surface area contributed by atoms with E-state index in [1.54, 1.807) is 12.1 Å². The summed E-state index contributed by atoms with van der Waals surface area (Å²) in [7, 11) is 0. The second-order valence-corrected chi connectivity index (χ2v) is 10.3. The van der Waals surface area contributed by atoms with Crippen molar-refractivity contribution in [2.24, 2.45) is 0 Å². The summed E-state index contributed by atoms with van der Waals surface area (Å²) >= 11 is 6.14. The Morgan fingerprint density at radius 1 is 0.974 bits per heavy atom. The summed E-state index contributed by atoms with van der Waals surface area (Å²) in [5.41, 5.74) is 0.267. The Morgan fingerprint density at radius 3 is 2.18 bits per heavy atom. The van der Waals surface area contributed by atoms with Gasteiger partial charge in [-0.1, -0.05) is 89.7 Å². The molecular weight excluding hydrogens is 508 g/mol. The average molecular weight is 551 g/mol. The molecule has 1 saturated heterocycles. The van der Waals surface area contributed by atoms with Crippen LogP contribution in [0.2, 0.25) is 5.02 Å². The number of hydrogen-bond donors (Lipinski definition) is 1. The van der Waals surface area contributed by atoms with Crippen LogP contribution in [0.25, 0.3) is 0 Å². The van der Waals surface area contributed by atoms with E-state index >= 15 is 0 Å². The number of unbranched alkanes of at least 4 members (excludes halogenated alkanes) is 10. The van der Waals surface area contributed by atoms with Crippen LogP contribution in [0.15, 0.2) is 18.2 Å². The molecule has 1 fully saturated rings. The van der Waals surface area contributed by atoms with Gasteiger partial charge in [0.2, 0.25) is 0 Å². The molecule has 3 amide bonds. The molecule has 0 bridgehead atoms. The molecule has 38 heavy (non-hydrogen) atoms. The molecule has 212 valence electrons. The number of ether oxygens (including phenoxy) is 2. The minimum atomic E-state index is -1.64. The number of halogens is 1. The van der Waals surface area contributed by atoms with Crippen LogP contribution in [0, 0.1) is 0 Å². The van der Waals surface area contributed by atoms with Crippen LogP contribution < -0.4 is 10.1 Å². The molecule has 1 heterocycles. The molecule has 0 radical (unpaired) electrons. The van der Waals surface area contributed by atoms with Crippen molar-refractivity contribution in [1.82, 2.24) is 4.90 Å². The highest BCUT2D eigenvalue weighted by atomic mass is 35.5. The molecule has 1 aliphatic rings. The third-order valence-corrected chi connectivity index (χ3v) is 6.85. The van der Waals surface area contributed by atoms with Crippen molar-refractivity contribution < 1.29 is 28.7 Å². The molecule has 1 aromatic carbocycles. The summed E-state index contributed by atoms with van der Waals surface area (Å²) in [6, 6.07) is 3.16. The van der Waals surface area contributed by atoms with Crippen LogP contribution in [-0.4, -0.2) is 47.3 Å². The summed E-state index contributed by atoms with van der Waals surface area (Å²) in [6.45, 7) is 5.80. The summed E-state index contributed by atoms with van der Waals surface area (Å²) in [4.78, 5) is 51.3. The number of ketones is 1. The summed E-state index contributed by atoms with van der Waals surface area (Å²) in [5, 5.41) is 2.99. The third kappa shape index (κ3) is 9.93. The van der Waals surface area contributed by atoms with E-state index in [0.29, 0.717) is 35.1 Å². The SMILES string of the molecule is CCCCCCCCCCCCOc1ccc(Cl)cc1NC(=O)C(C(C)=O)N1C(=O)OC(CCCC)C1=O. The summed E-state index contributed by atoms with van der Waals surface area (Å²) < 4.78 is 11.0. The van der Waals surface area contributed by atoms with Gasteiger partial charge in [0.1, 0.15) is 5.75 Å². The zero-order valence-electron chi connectivity index (χ0n) is 23.1. The quantitative estimate of drug-likeness (QED) is 0.146. The molecule has 0 saturated carbocycles. The minimum absolute atomic E-state index is 0.267. The Balaban J connectivity index is 1.92. The highest BCUT2D eigenvalue weighted by molar-refractivity contribution is 6.31. The van der Waals surface area contributed by atoms with Crippen LogP contribution >= 0.6 is 11.6 Å². The van der Waals surface area contributed by atoms with Crippen molar-refractivity contribution in [3.63, 3.8) is 0 Å². The number of anilines is 1. The number of carbonyl (C=O) groups excluding carboxylic acids is 4. The average Bonchev–Trinajstić information content (AvgIpc) is 3.15. The zero-order valence-corrected chi connectivity index (χ0v) is 23.8. The van der Waals surface area contributed by atoms with Gasteiger partial charge in [-0.2, -0.15) is 0 Å². The van der Waals surface area contributed by atoms with Gasteiger partial charge in [0.05, 0.1) is 12.3 Å². The predicted octanol–water partition coefficient (Wildman–Crippen LogP) is 7.07. The topological polar surface area (TPSA) is 102 Å². The van der Waals surface area contributed by atoms with Gasteiger partial charge < -0.3 is 14.8 Å². The molecule has 1 aliphatic heterocycles. The number of carbonyl (C=O) groups is 4. The van der Waals surface area contributed by atoms with Crippen LogP contribution in [-0.2, 0) is 19.1 Å². The monoisotopic (exact) mass is 550 g/mol. The molecule has 9 heteroatoms. The van der Waals surface area contributed by atoms with Crippen molar-refractivity contribution in [1.29, 1.82) is 0 Å². The fourth-order valence-corrected chi connectivity index (χ4v) is 4.63. The predicted molar refractivity (Wildman–Crippen MR) is 149 cm³/mol. The third-order valence-electron chi connectivity index (χ3n) is 6.62. The summed E-state index contributed by atoms with van der Waals surface area (Å²) in [5.74, 6) is -1.76. The lowest BCUT2D eigenvalue weighted by Gasteiger charge is -2.22. The maximum Gasteiger partial charge on any atom is 0.418 e. The lowest BCUT2D eigenvalue weighted by molar-refractivity contribution is -0.140. The maximum absolute atomic E-state index is 13.1. The highest BCUT2D eigenvalue weighted by Crippen LogP contribution is 2.29. The first-order chi connectivity index (χ1) is 18.3. The number of benzene rings is 1. The van der Waals surface area contributed by atoms with Crippen molar-refractivity contribution >= 4 is 41.0 Å². The Kier molecular flexibility index (Phi) is 14.2. The van der Waals surface area contributed by atoms with E-state index in [4.69, 9.17) is 21.1 Å². The summed E-state index contributed by atoms with van der Waals surface area (Å²) in [6.07, 6.45) is 12.0. The second-order valence-electron chi connectivity index (χ2n) is 9.90. The number of nitrogens with one attached hydrogen (secondary N) is 1. The molecule has 0 aromatic heterocycles. The van der Waals surface area contributed by atoms with E-state index in [1.807, 2.05) is 6.92 Å². The number of cyclic esters (lactones) is 1. The Labute approximate surface area is 231 Å². The molecule has 2 rings (SSSR count). The van der Waals surface area contributed by atoms with Crippen molar-refractivity contribution in [2.45, 2.75) is 116 Å². The van der Waals surface area contributed by atoms with Gasteiger partial charge in [-0.05, 0) is 44.4 Å². The molecule has 1 N–H and O–H groups in total. The lowest BCUT2D eigenvalue weighted by Crippen LogP contribution is -2.51. The molecule has 2 unspecified atom stereocenters. The van der Waals surface area contributed by atoms with Crippen LogP contribution in [0.3, 0.4) is 0 Å². The number of amides is 3. The number of Topliss-reactive ketones (excluding diaryl/α,β-unsaturated/α-hetero) is 1. The van der Waals surface area contributed by atoms with Gasteiger partial charge in [-0.15, -0.1) is 0 Å². The van der Waals surface area contributed by atoms with E-state index < -0.39 is 35.8 Å². The first kappa shape index (κ1) is 31.6. The van der Waals surface area contributed by atoms with E-state index in [1.165, 1.54) is 51.0 Å². The molecule has 1 aromatic rings. The van der Waals surface area contributed by atoms with Gasteiger partial charge in [0.25, 0.3) is 11.8 Å². The van der Waals surface area contributed by atoms with Gasteiger partial charge in [-0.3, -0.25) is 14.4 Å². The normalized spacial score (nSPS) is 15.9. The maximum atomic E-state index is 13.1. The fourth-order valence-electron chi connectivity index (χ4n) is 4.46. The van der Waals surface area contributed by atoms with Crippen LogP contribution in [0.5, 0.6) is 5.75 Å². The zero-order chi connectivity index (χ0) is 27.9. The number of nitrogens with zero attached hydrogens (tertiary/aromatic N) is 1. The highest BCUT2D eigenvalue weighted by Gasteiger charge is 2.48. The van der Waals surface area contributed by atoms with Crippen LogP contribution in [0.1, 0.15) is 104 Å². The number of rotatable bonds is 19. The minimum Gasteiger partial charge on any atom is -0.491 e. The fraction of sp³-hybridized carbons (Fsp3) is 0.655. The first-order valence-electron chi connectivity index (χ1n) is 14.1. The molecule has 2 atom stereocenters. The molecule has 0 spiro atoms. The molecular formula is C29H43ClN2O6. The number of imide groups is 1. The molecule has 0 aliphatic carbocycles. The van der Waals surface area contributed by atoms with Gasteiger partial charge in [-0.25, -0.2) is 9.69 Å². The first-order valence-corrected chi connectivity index (χ1v) is 14.4. The van der Waals surface area contributed by atoms with E-state index in [2.05, 4.69) is 12.2 Å². The molecule has 8 nitrogen and oxygen atoms in total. The van der Waals surface area contributed by atoms with E-state index in [-0.39, 0.29) is 5.69 Å². The van der Waals surface area contributed by atoms with Crippen molar-refractivity contribution in [3.05, 3.63) is 23.2 Å². The standard InChI is InChI=1S/C29H43ClN2O6/c1-4-6-8-9-10-11-12-13-14-15-19-37-24-18-17-22(30)20-23(24)31-27(34)26(21(3)33)32-28(35)25(16-7-5-2)38-29(32)36/h17-18,20,25-26H,4-16,19H2,1-3H3,(H,31,34). The Hall–Kier alpha value is -2.61. The van der Waals surface area contributed by atoms with E-state index in [0.717, 1.165) is 32.6 Å². The Morgan fingerprint density at radius 2 is 1.58 bits per heavy atom. The largest absolute Gasteiger partial charge is 0.491 e. The lowest BCUT2D eigenvalue weighted by atomic mass is 10.1.